The van der Waals surface area contributed by atoms with Crippen LogP contribution in [0.2, 0.25) is 0 Å². The van der Waals surface area contributed by atoms with Gasteiger partial charge in [0, 0.05) is 45.6 Å². The number of amides is 2. The maximum absolute atomic E-state index is 12.0. The Hall–Kier alpha value is -2.22. The van der Waals surface area contributed by atoms with E-state index < -0.39 is 0 Å². The lowest BCUT2D eigenvalue weighted by Crippen LogP contribution is -2.51. The predicted molar refractivity (Wildman–Crippen MR) is 77.8 cm³/mol. The third-order valence-electron chi connectivity index (χ3n) is 3.31. The van der Waals surface area contributed by atoms with Gasteiger partial charge in [-0.25, -0.2) is 9.97 Å². The lowest BCUT2D eigenvalue weighted by atomic mass is 10.3. The SMILES string of the molecule is CNC(=O)CNCC(=O)N1CCN(c2ncccn2)CC1. The Labute approximate surface area is 123 Å². The molecular formula is C13H20N6O2. The van der Waals surface area contributed by atoms with E-state index in [2.05, 4.69) is 25.5 Å². The fourth-order valence-electron chi connectivity index (χ4n) is 2.09. The molecule has 0 bridgehead atoms. The second-order valence-corrected chi connectivity index (χ2v) is 4.69. The predicted octanol–water partition coefficient (Wildman–Crippen LogP) is -1.54. The molecule has 1 aliphatic heterocycles. The van der Waals surface area contributed by atoms with Crippen molar-refractivity contribution in [2.24, 2.45) is 0 Å². The molecule has 0 atom stereocenters. The molecule has 21 heavy (non-hydrogen) atoms. The maximum atomic E-state index is 12.0. The normalized spacial score (nSPS) is 14.9. The van der Waals surface area contributed by atoms with Crippen LogP contribution >= 0.6 is 0 Å². The lowest BCUT2D eigenvalue weighted by Gasteiger charge is -2.34. The first-order valence-corrected chi connectivity index (χ1v) is 6.91. The molecule has 0 saturated carbocycles. The fraction of sp³-hybridized carbons (Fsp3) is 0.538. The highest BCUT2D eigenvalue weighted by atomic mass is 16.2. The average Bonchev–Trinajstić information content (AvgIpc) is 2.55. The molecule has 2 amide bonds. The largest absolute Gasteiger partial charge is 0.358 e. The molecule has 1 aliphatic rings. The molecule has 2 N–H and O–H groups in total. The summed E-state index contributed by atoms with van der Waals surface area (Å²) < 4.78 is 0. The van der Waals surface area contributed by atoms with Gasteiger partial charge in [0.05, 0.1) is 13.1 Å². The summed E-state index contributed by atoms with van der Waals surface area (Å²) in [5, 5.41) is 5.33. The number of hydrogen-bond donors (Lipinski definition) is 2. The van der Waals surface area contributed by atoms with E-state index in [1.165, 1.54) is 0 Å². The molecule has 0 spiro atoms. The summed E-state index contributed by atoms with van der Waals surface area (Å²) in [6.45, 7) is 3.03. The molecule has 0 aliphatic carbocycles. The van der Waals surface area contributed by atoms with Crippen LogP contribution in [0.1, 0.15) is 0 Å². The van der Waals surface area contributed by atoms with Crippen molar-refractivity contribution in [1.82, 2.24) is 25.5 Å². The van der Waals surface area contributed by atoms with E-state index in [1.807, 2.05) is 0 Å². The number of carbonyl (C=O) groups excluding carboxylic acids is 2. The van der Waals surface area contributed by atoms with E-state index in [1.54, 1.807) is 30.4 Å². The zero-order valence-corrected chi connectivity index (χ0v) is 12.1. The van der Waals surface area contributed by atoms with Gasteiger partial charge >= 0.3 is 0 Å². The van der Waals surface area contributed by atoms with Crippen LogP contribution in [-0.2, 0) is 9.59 Å². The summed E-state index contributed by atoms with van der Waals surface area (Å²) in [5.41, 5.74) is 0. The number of hydrogen-bond acceptors (Lipinski definition) is 6. The molecule has 2 rings (SSSR count). The minimum absolute atomic E-state index is 0.00698. The van der Waals surface area contributed by atoms with Crippen LogP contribution in [0.3, 0.4) is 0 Å². The Bertz CT molecular complexity index is 473. The minimum atomic E-state index is -0.131. The highest BCUT2D eigenvalue weighted by molar-refractivity contribution is 5.81. The Morgan fingerprint density at radius 2 is 1.81 bits per heavy atom. The van der Waals surface area contributed by atoms with E-state index in [0.29, 0.717) is 32.1 Å². The molecule has 8 heteroatoms. The van der Waals surface area contributed by atoms with Crippen LogP contribution in [0.25, 0.3) is 0 Å². The van der Waals surface area contributed by atoms with Crippen LogP contribution in [0.4, 0.5) is 5.95 Å². The van der Waals surface area contributed by atoms with Gasteiger partial charge in [0.2, 0.25) is 17.8 Å². The standard InChI is InChI=1S/C13H20N6O2/c1-14-11(20)9-15-10-12(21)18-5-7-19(8-6-18)13-16-3-2-4-17-13/h2-4,15H,5-10H2,1H3,(H,14,20). The van der Waals surface area contributed by atoms with Gasteiger partial charge in [0.15, 0.2) is 0 Å². The van der Waals surface area contributed by atoms with Crippen LogP contribution in [0.15, 0.2) is 18.5 Å². The number of likely N-dealkylation sites (N-methyl/N-ethyl adjacent to an activating group) is 1. The van der Waals surface area contributed by atoms with Crippen molar-refractivity contribution in [3.63, 3.8) is 0 Å². The third kappa shape index (κ3) is 4.38. The zero-order valence-electron chi connectivity index (χ0n) is 12.1. The van der Waals surface area contributed by atoms with Crippen molar-refractivity contribution < 1.29 is 9.59 Å². The van der Waals surface area contributed by atoms with E-state index in [0.717, 1.165) is 0 Å². The Morgan fingerprint density at radius 3 is 2.43 bits per heavy atom. The number of carbonyl (C=O) groups is 2. The highest BCUT2D eigenvalue weighted by Gasteiger charge is 2.22. The monoisotopic (exact) mass is 292 g/mol. The summed E-state index contributed by atoms with van der Waals surface area (Å²) in [4.78, 5) is 35.3. The van der Waals surface area contributed by atoms with Crippen molar-refractivity contribution in [2.75, 3.05) is 51.2 Å². The molecule has 0 unspecified atom stereocenters. The molecule has 1 aromatic rings. The molecule has 8 nitrogen and oxygen atoms in total. The van der Waals surface area contributed by atoms with Crippen molar-refractivity contribution >= 4 is 17.8 Å². The number of rotatable bonds is 5. The van der Waals surface area contributed by atoms with E-state index >= 15 is 0 Å². The van der Waals surface area contributed by atoms with Crippen molar-refractivity contribution in [3.05, 3.63) is 18.5 Å². The van der Waals surface area contributed by atoms with Crippen molar-refractivity contribution in [1.29, 1.82) is 0 Å². The van der Waals surface area contributed by atoms with E-state index in [-0.39, 0.29) is 24.9 Å². The van der Waals surface area contributed by atoms with Crippen LogP contribution in [0, 0.1) is 0 Å². The Morgan fingerprint density at radius 1 is 1.14 bits per heavy atom. The molecule has 1 saturated heterocycles. The Balaban J connectivity index is 1.73. The van der Waals surface area contributed by atoms with Gasteiger partial charge in [0.25, 0.3) is 0 Å². The Kier molecular flexibility index (Phi) is 5.44. The maximum Gasteiger partial charge on any atom is 0.236 e. The van der Waals surface area contributed by atoms with Gasteiger partial charge in [-0.15, -0.1) is 0 Å². The summed E-state index contributed by atoms with van der Waals surface area (Å²) in [5.74, 6) is 0.573. The van der Waals surface area contributed by atoms with E-state index in [9.17, 15) is 9.59 Å². The summed E-state index contributed by atoms with van der Waals surface area (Å²) in [6.07, 6.45) is 3.42. The average molecular weight is 292 g/mol. The van der Waals surface area contributed by atoms with Gasteiger partial charge in [-0.05, 0) is 6.07 Å². The van der Waals surface area contributed by atoms with Gasteiger partial charge in [-0.1, -0.05) is 0 Å². The molecule has 1 aromatic heterocycles. The van der Waals surface area contributed by atoms with Crippen LogP contribution < -0.4 is 15.5 Å². The number of nitrogens with zero attached hydrogens (tertiary/aromatic N) is 4. The quantitative estimate of drug-likeness (QED) is 0.684. The number of aromatic nitrogens is 2. The van der Waals surface area contributed by atoms with Crippen LogP contribution in [-0.4, -0.2) is 73.0 Å². The molecule has 1 fully saturated rings. The molecule has 0 aromatic carbocycles. The highest BCUT2D eigenvalue weighted by Crippen LogP contribution is 2.09. The topological polar surface area (TPSA) is 90.5 Å². The van der Waals surface area contributed by atoms with Gasteiger partial charge in [-0.2, -0.15) is 0 Å². The molecule has 0 radical (unpaired) electrons. The van der Waals surface area contributed by atoms with Crippen molar-refractivity contribution in [3.8, 4) is 0 Å². The van der Waals surface area contributed by atoms with Crippen LogP contribution in [0.5, 0.6) is 0 Å². The first-order valence-electron chi connectivity index (χ1n) is 6.91. The molecule has 2 heterocycles. The summed E-state index contributed by atoms with van der Waals surface area (Å²) >= 11 is 0. The fourth-order valence-corrected chi connectivity index (χ4v) is 2.09. The number of piperazine rings is 1. The molecular weight excluding hydrogens is 272 g/mol. The molecule has 114 valence electrons. The zero-order chi connectivity index (χ0) is 15.1. The second kappa shape index (κ2) is 7.53. The third-order valence-corrected chi connectivity index (χ3v) is 3.31. The lowest BCUT2D eigenvalue weighted by molar-refractivity contribution is -0.130. The first kappa shape index (κ1) is 15.2. The minimum Gasteiger partial charge on any atom is -0.358 e. The van der Waals surface area contributed by atoms with E-state index in [4.69, 9.17) is 0 Å². The summed E-state index contributed by atoms with van der Waals surface area (Å²) in [7, 11) is 1.57. The van der Waals surface area contributed by atoms with Gasteiger partial charge in [0.1, 0.15) is 0 Å². The van der Waals surface area contributed by atoms with Gasteiger partial charge < -0.3 is 15.1 Å². The summed E-state index contributed by atoms with van der Waals surface area (Å²) in [6, 6.07) is 1.78. The number of nitrogens with one attached hydrogen (secondary N) is 2. The first-order chi connectivity index (χ1) is 10.2. The van der Waals surface area contributed by atoms with Crippen molar-refractivity contribution in [2.45, 2.75) is 0 Å². The number of anilines is 1. The smallest absolute Gasteiger partial charge is 0.236 e. The second-order valence-electron chi connectivity index (χ2n) is 4.69. The van der Waals surface area contributed by atoms with Gasteiger partial charge in [-0.3, -0.25) is 14.9 Å².